The molecule has 0 amide bonds. The molecule has 0 atom stereocenters. The van der Waals surface area contributed by atoms with E-state index in [2.05, 4.69) is 51.5 Å². The number of imidazole rings is 1. The lowest BCUT2D eigenvalue weighted by atomic mass is 10.1. The van der Waals surface area contributed by atoms with Gasteiger partial charge in [0.15, 0.2) is 17.0 Å². The number of aliphatic hydroxyl groups excluding tert-OH is 1. The van der Waals surface area contributed by atoms with Crippen LogP contribution >= 0.6 is 11.6 Å². The fourth-order valence-corrected chi connectivity index (χ4v) is 2.50. The predicted molar refractivity (Wildman–Crippen MR) is 90.5 cm³/mol. The highest BCUT2D eigenvalue weighted by molar-refractivity contribution is 6.28. The van der Waals surface area contributed by atoms with Crippen LogP contribution in [0.3, 0.4) is 0 Å². The first-order valence-corrected chi connectivity index (χ1v) is 7.84. The minimum atomic E-state index is 0.122. The zero-order valence-corrected chi connectivity index (χ0v) is 13.6. The summed E-state index contributed by atoms with van der Waals surface area (Å²) in [5, 5.41) is 12.4. The second-order valence-corrected chi connectivity index (χ2v) is 5.71. The molecule has 6 nitrogen and oxygen atoms in total. The number of anilines is 1. The number of aliphatic hydroxyl groups is 1. The van der Waals surface area contributed by atoms with Crippen LogP contribution in [0.4, 0.5) is 5.82 Å². The van der Waals surface area contributed by atoms with Crippen LogP contribution < -0.4 is 5.32 Å². The number of hydrogen-bond acceptors (Lipinski definition) is 5. The average molecular weight is 332 g/mol. The molecule has 0 radical (unpaired) electrons. The van der Waals surface area contributed by atoms with Gasteiger partial charge in [0.1, 0.15) is 0 Å². The second kappa shape index (κ2) is 6.93. The van der Waals surface area contributed by atoms with Crippen molar-refractivity contribution in [3.8, 4) is 0 Å². The fourth-order valence-electron chi connectivity index (χ4n) is 2.34. The number of nitrogens with zero attached hydrogens (tertiary/aromatic N) is 4. The van der Waals surface area contributed by atoms with Gasteiger partial charge in [-0.3, -0.25) is 0 Å². The molecule has 2 heterocycles. The van der Waals surface area contributed by atoms with Gasteiger partial charge in [0.25, 0.3) is 0 Å². The molecule has 2 N–H and O–H groups in total. The molecule has 2 aromatic heterocycles. The van der Waals surface area contributed by atoms with Gasteiger partial charge in [0.2, 0.25) is 5.28 Å². The van der Waals surface area contributed by atoms with Crippen molar-refractivity contribution in [1.29, 1.82) is 0 Å². The van der Waals surface area contributed by atoms with Gasteiger partial charge >= 0.3 is 0 Å². The van der Waals surface area contributed by atoms with E-state index in [0.717, 1.165) is 5.56 Å². The molecule has 3 rings (SSSR count). The van der Waals surface area contributed by atoms with Crippen molar-refractivity contribution in [2.24, 2.45) is 0 Å². The van der Waals surface area contributed by atoms with E-state index in [4.69, 9.17) is 16.7 Å². The molecular formula is C16H18ClN5O. The summed E-state index contributed by atoms with van der Waals surface area (Å²) in [6, 6.07) is 8.29. The molecule has 0 fully saturated rings. The maximum Gasteiger partial charge on any atom is 0.226 e. The molecule has 7 heteroatoms. The number of aromatic nitrogens is 4. The molecule has 0 aliphatic rings. The SMILES string of the molecule is Cc1ccc(CNc2nc(Cl)nc3c2ncn3CCCO)cc1. The van der Waals surface area contributed by atoms with Gasteiger partial charge in [-0.1, -0.05) is 29.8 Å². The molecular weight excluding hydrogens is 314 g/mol. The van der Waals surface area contributed by atoms with E-state index in [-0.39, 0.29) is 11.9 Å². The van der Waals surface area contributed by atoms with Crippen molar-refractivity contribution >= 4 is 28.6 Å². The monoisotopic (exact) mass is 331 g/mol. The summed E-state index contributed by atoms with van der Waals surface area (Å²) in [5.41, 5.74) is 3.73. The van der Waals surface area contributed by atoms with Gasteiger partial charge in [0, 0.05) is 19.7 Å². The van der Waals surface area contributed by atoms with Gasteiger partial charge in [-0.2, -0.15) is 9.97 Å². The minimum absolute atomic E-state index is 0.122. The minimum Gasteiger partial charge on any atom is -0.396 e. The van der Waals surface area contributed by atoms with Gasteiger partial charge in [0.05, 0.1) is 6.33 Å². The van der Waals surface area contributed by atoms with Crippen LogP contribution in [0.5, 0.6) is 0 Å². The molecule has 0 saturated carbocycles. The second-order valence-electron chi connectivity index (χ2n) is 5.37. The largest absolute Gasteiger partial charge is 0.396 e. The highest BCUT2D eigenvalue weighted by Crippen LogP contribution is 2.21. The first-order valence-electron chi connectivity index (χ1n) is 7.46. The molecule has 0 saturated heterocycles. The number of rotatable bonds is 6. The third-order valence-electron chi connectivity index (χ3n) is 3.57. The Morgan fingerprint density at radius 1 is 1.22 bits per heavy atom. The maximum absolute atomic E-state index is 8.97. The lowest BCUT2D eigenvalue weighted by molar-refractivity contribution is 0.280. The molecule has 0 aliphatic carbocycles. The van der Waals surface area contributed by atoms with E-state index in [1.807, 2.05) is 4.57 Å². The number of hydrogen-bond donors (Lipinski definition) is 2. The van der Waals surface area contributed by atoms with Crippen LogP contribution in [0.15, 0.2) is 30.6 Å². The van der Waals surface area contributed by atoms with Crippen molar-refractivity contribution in [2.75, 3.05) is 11.9 Å². The van der Waals surface area contributed by atoms with Crippen molar-refractivity contribution < 1.29 is 5.11 Å². The molecule has 0 unspecified atom stereocenters. The Morgan fingerprint density at radius 2 is 2.00 bits per heavy atom. The number of halogens is 1. The first-order chi connectivity index (χ1) is 11.2. The number of fused-ring (bicyclic) bond motifs is 1. The Labute approximate surface area is 139 Å². The predicted octanol–water partition coefficient (Wildman–Crippen LogP) is 2.78. The molecule has 120 valence electrons. The summed E-state index contributed by atoms with van der Waals surface area (Å²) in [4.78, 5) is 12.9. The van der Waals surface area contributed by atoms with Crippen LogP contribution in [0.1, 0.15) is 17.5 Å². The van der Waals surface area contributed by atoms with Gasteiger partial charge in [-0.15, -0.1) is 0 Å². The molecule has 3 aromatic rings. The molecule has 1 aromatic carbocycles. The van der Waals surface area contributed by atoms with Crippen molar-refractivity contribution in [2.45, 2.75) is 26.4 Å². The third kappa shape index (κ3) is 3.60. The standard InChI is InChI=1S/C16H18ClN5O/c1-11-3-5-12(6-4-11)9-18-14-13-15(21-16(17)20-14)22(10-19-13)7-2-8-23/h3-6,10,23H,2,7-9H2,1H3,(H,18,20,21). The normalized spacial score (nSPS) is 11.1. The molecule has 0 spiro atoms. The van der Waals surface area contributed by atoms with Crippen molar-refractivity contribution in [3.63, 3.8) is 0 Å². The van der Waals surface area contributed by atoms with E-state index in [1.54, 1.807) is 6.33 Å². The molecule has 0 bridgehead atoms. The third-order valence-corrected chi connectivity index (χ3v) is 3.74. The quantitative estimate of drug-likeness (QED) is 0.679. The molecule has 23 heavy (non-hydrogen) atoms. The number of benzene rings is 1. The lowest BCUT2D eigenvalue weighted by Crippen LogP contribution is -2.05. The topological polar surface area (TPSA) is 75.9 Å². The summed E-state index contributed by atoms with van der Waals surface area (Å²) in [6.07, 6.45) is 2.33. The summed E-state index contributed by atoms with van der Waals surface area (Å²) in [6.45, 7) is 3.45. The summed E-state index contributed by atoms with van der Waals surface area (Å²) in [5.74, 6) is 0.614. The Bertz CT molecular complexity index is 800. The Morgan fingerprint density at radius 3 is 2.74 bits per heavy atom. The maximum atomic E-state index is 8.97. The molecule has 0 aliphatic heterocycles. The van der Waals surface area contributed by atoms with E-state index in [9.17, 15) is 0 Å². The van der Waals surface area contributed by atoms with Crippen LogP contribution in [0, 0.1) is 6.92 Å². The van der Waals surface area contributed by atoms with E-state index < -0.39 is 0 Å². The highest BCUT2D eigenvalue weighted by Gasteiger charge is 2.12. The zero-order chi connectivity index (χ0) is 16.2. The lowest BCUT2D eigenvalue weighted by Gasteiger charge is -2.08. The van der Waals surface area contributed by atoms with Crippen LogP contribution in [0.25, 0.3) is 11.2 Å². The van der Waals surface area contributed by atoms with Gasteiger partial charge in [-0.05, 0) is 30.5 Å². The number of nitrogens with one attached hydrogen (secondary N) is 1. The van der Waals surface area contributed by atoms with Crippen LogP contribution in [-0.4, -0.2) is 31.2 Å². The zero-order valence-electron chi connectivity index (χ0n) is 12.8. The van der Waals surface area contributed by atoms with Crippen molar-refractivity contribution in [3.05, 3.63) is 47.0 Å². The Kier molecular flexibility index (Phi) is 4.73. The summed E-state index contributed by atoms with van der Waals surface area (Å²) < 4.78 is 1.87. The van der Waals surface area contributed by atoms with E-state index in [1.165, 1.54) is 5.56 Å². The Balaban J connectivity index is 1.85. The smallest absolute Gasteiger partial charge is 0.226 e. The first kappa shape index (κ1) is 15.7. The summed E-state index contributed by atoms with van der Waals surface area (Å²) >= 11 is 6.04. The van der Waals surface area contributed by atoms with Crippen molar-refractivity contribution in [1.82, 2.24) is 19.5 Å². The average Bonchev–Trinajstić information content (AvgIpc) is 2.95. The Hall–Kier alpha value is -2.18. The number of aryl methyl sites for hydroxylation is 2. The van der Waals surface area contributed by atoms with Crippen LogP contribution in [-0.2, 0) is 13.1 Å². The van der Waals surface area contributed by atoms with Gasteiger partial charge < -0.3 is 15.0 Å². The van der Waals surface area contributed by atoms with Gasteiger partial charge in [-0.25, -0.2) is 4.98 Å². The van der Waals surface area contributed by atoms with E-state index in [0.29, 0.717) is 36.5 Å². The summed E-state index contributed by atoms with van der Waals surface area (Å²) in [7, 11) is 0. The van der Waals surface area contributed by atoms with E-state index >= 15 is 0 Å². The highest BCUT2D eigenvalue weighted by atomic mass is 35.5. The van der Waals surface area contributed by atoms with Crippen LogP contribution in [0.2, 0.25) is 5.28 Å². The fraction of sp³-hybridized carbons (Fsp3) is 0.312.